The molecule has 1 aliphatic heterocycles. The summed E-state index contributed by atoms with van der Waals surface area (Å²) < 4.78 is 11.4. The molecule has 0 aromatic heterocycles. The van der Waals surface area contributed by atoms with Gasteiger partial charge in [-0.15, -0.1) is 0 Å². The standard InChI is InChI=1S/C16H13BrCl2O2/c17-16(12-4-3-11(18)9-13(12)19)10-2-5-14-15(8-10)21-7-1-6-20-14/h2-5,8-9,16H,1,6-7H2. The first kappa shape index (κ1) is 15.0. The Bertz CT molecular complexity index is 661. The summed E-state index contributed by atoms with van der Waals surface area (Å²) >= 11 is 15.9. The Morgan fingerprint density at radius 2 is 1.71 bits per heavy atom. The van der Waals surface area contributed by atoms with Gasteiger partial charge in [-0.1, -0.05) is 51.3 Å². The van der Waals surface area contributed by atoms with E-state index in [9.17, 15) is 0 Å². The van der Waals surface area contributed by atoms with Crippen molar-refractivity contribution in [3.63, 3.8) is 0 Å². The van der Waals surface area contributed by atoms with Gasteiger partial charge in [-0.2, -0.15) is 0 Å². The molecule has 0 amide bonds. The lowest BCUT2D eigenvalue weighted by Gasteiger charge is -2.15. The maximum absolute atomic E-state index is 6.27. The Kier molecular flexibility index (Phi) is 4.63. The van der Waals surface area contributed by atoms with Crippen molar-refractivity contribution < 1.29 is 9.47 Å². The number of fused-ring (bicyclic) bond motifs is 1. The van der Waals surface area contributed by atoms with Crippen LogP contribution in [-0.4, -0.2) is 13.2 Å². The Hall–Kier alpha value is -0.900. The monoisotopic (exact) mass is 386 g/mol. The number of hydrogen-bond acceptors (Lipinski definition) is 2. The van der Waals surface area contributed by atoms with Crippen molar-refractivity contribution in [3.05, 3.63) is 57.6 Å². The van der Waals surface area contributed by atoms with E-state index in [0.717, 1.165) is 29.0 Å². The zero-order valence-electron chi connectivity index (χ0n) is 11.1. The van der Waals surface area contributed by atoms with Crippen LogP contribution in [0.2, 0.25) is 10.0 Å². The second-order valence-corrected chi connectivity index (χ2v) is 6.54. The molecule has 0 aliphatic carbocycles. The van der Waals surface area contributed by atoms with Crippen LogP contribution in [0.5, 0.6) is 11.5 Å². The average Bonchev–Trinajstić information content (AvgIpc) is 2.71. The Labute approximate surface area is 142 Å². The van der Waals surface area contributed by atoms with Crippen LogP contribution in [0.25, 0.3) is 0 Å². The van der Waals surface area contributed by atoms with Crippen molar-refractivity contribution in [3.8, 4) is 11.5 Å². The molecule has 0 saturated carbocycles. The van der Waals surface area contributed by atoms with E-state index in [-0.39, 0.29) is 4.83 Å². The van der Waals surface area contributed by atoms with Crippen LogP contribution >= 0.6 is 39.1 Å². The third-order valence-electron chi connectivity index (χ3n) is 3.30. The molecule has 5 heteroatoms. The molecule has 21 heavy (non-hydrogen) atoms. The molecule has 1 atom stereocenters. The second kappa shape index (κ2) is 6.47. The van der Waals surface area contributed by atoms with E-state index in [1.165, 1.54) is 0 Å². The molecule has 1 aliphatic rings. The van der Waals surface area contributed by atoms with E-state index in [1.807, 2.05) is 30.3 Å². The fourth-order valence-electron chi connectivity index (χ4n) is 2.22. The molecular weight excluding hydrogens is 375 g/mol. The van der Waals surface area contributed by atoms with E-state index < -0.39 is 0 Å². The van der Waals surface area contributed by atoms with Gasteiger partial charge in [-0.05, 0) is 35.4 Å². The topological polar surface area (TPSA) is 18.5 Å². The summed E-state index contributed by atoms with van der Waals surface area (Å²) in [6, 6.07) is 11.4. The average molecular weight is 388 g/mol. The van der Waals surface area contributed by atoms with Crippen molar-refractivity contribution in [2.24, 2.45) is 0 Å². The minimum atomic E-state index is -0.0283. The highest BCUT2D eigenvalue weighted by Gasteiger charge is 2.17. The van der Waals surface area contributed by atoms with Crippen molar-refractivity contribution in [1.82, 2.24) is 0 Å². The van der Waals surface area contributed by atoms with Gasteiger partial charge >= 0.3 is 0 Å². The quantitative estimate of drug-likeness (QED) is 0.621. The number of hydrogen-bond donors (Lipinski definition) is 0. The van der Waals surface area contributed by atoms with Gasteiger partial charge in [-0.3, -0.25) is 0 Å². The van der Waals surface area contributed by atoms with E-state index in [1.54, 1.807) is 6.07 Å². The van der Waals surface area contributed by atoms with Crippen LogP contribution < -0.4 is 9.47 Å². The molecule has 0 fully saturated rings. The van der Waals surface area contributed by atoms with Gasteiger partial charge in [0.1, 0.15) is 0 Å². The molecule has 2 aromatic carbocycles. The summed E-state index contributed by atoms with van der Waals surface area (Å²) in [4.78, 5) is -0.0283. The molecule has 110 valence electrons. The maximum atomic E-state index is 6.27. The van der Waals surface area contributed by atoms with E-state index in [0.29, 0.717) is 23.3 Å². The molecule has 2 aromatic rings. The second-order valence-electron chi connectivity index (χ2n) is 4.79. The summed E-state index contributed by atoms with van der Waals surface area (Å²) in [5.74, 6) is 1.57. The van der Waals surface area contributed by atoms with Gasteiger partial charge in [0.05, 0.1) is 18.0 Å². The number of alkyl halides is 1. The van der Waals surface area contributed by atoms with Gasteiger partial charge < -0.3 is 9.47 Å². The Morgan fingerprint density at radius 1 is 0.952 bits per heavy atom. The lowest BCUT2D eigenvalue weighted by Crippen LogP contribution is -1.98. The van der Waals surface area contributed by atoms with E-state index >= 15 is 0 Å². The molecule has 3 rings (SSSR count). The molecule has 0 N–H and O–H groups in total. The number of benzene rings is 2. The van der Waals surface area contributed by atoms with Gasteiger partial charge in [0.2, 0.25) is 0 Å². The molecule has 1 unspecified atom stereocenters. The predicted octanol–water partition coefficient (Wildman–Crippen LogP) is 5.64. The number of ether oxygens (including phenoxy) is 2. The van der Waals surface area contributed by atoms with E-state index in [2.05, 4.69) is 15.9 Å². The largest absolute Gasteiger partial charge is 0.490 e. The molecule has 0 bridgehead atoms. The highest BCUT2D eigenvalue weighted by Crippen LogP contribution is 2.40. The third kappa shape index (κ3) is 3.31. The Morgan fingerprint density at radius 3 is 2.48 bits per heavy atom. The van der Waals surface area contributed by atoms with Crippen molar-refractivity contribution in [2.75, 3.05) is 13.2 Å². The van der Waals surface area contributed by atoms with Crippen molar-refractivity contribution >= 4 is 39.1 Å². The highest BCUT2D eigenvalue weighted by atomic mass is 79.9. The zero-order chi connectivity index (χ0) is 14.8. The fraction of sp³-hybridized carbons (Fsp3) is 0.250. The SMILES string of the molecule is Clc1ccc(C(Br)c2ccc3c(c2)OCCCO3)c(Cl)c1. The minimum Gasteiger partial charge on any atom is -0.490 e. The Balaban J connectivity index is 1.94. The highest BCUT2D eigenvalue weighted by molar-refractivity contribution is 9.09. The molecule has 0 spiro atoms. The zero-order valence-corrected chi connectivity index (χ0v) is 14.2. The molecule has 2 nitrogen and oxygen atoms in total. The molecule has 1 heterocycles. The van der Waals surface area contributed by atoms with Crippen LogP contribution in [-0.2, 0) is 0 Å². The smallest absolute Gasteiger partial charge is 0.161 e. The van der Waals surface area contributed by atoms with Crippen LogP contribution in [0.1, 0.15) is 22.4 Å². The summed E-state index contributed by atoms with van der Waals surface area (Å²) in [5.41, 5.74) is 2.03. The lowest BCUT2D eigenvalue weighted by atomic mass is 10.0. The van der Waals surface area contributed by atoms with Crippen molar-refractivity contribution in [1.29, 1.82) is 0 Å². The fourth-order valence-corrected chi connectivity index (χ4v) is 3.56. The first-order chi connectivity index (χ1) is 10.1. The van der Waals surface area contributed by atoms with E-state index in [4.69, 9.17) is 32.7 Å². The summed E-state index contributed by atoms with van der Waals surface area (Å²) in [6.07, 6.45) is 0.894. The summed E-state index contributed by atoms with van der Waals surface area (Å²) in [5, 5.41) is 1.26. The van der Waals surface area contributed by atoms with Gasteiger partial charge in [-0.25, -0.2) is 0 Å². The normalized spacial score (nSPS) is 15.4. The molecule has 0 radical (unpaired) electrons. The van der Waals surface area contributed by atoms with Gasteiger partial charge in [0, 0.05) is 16.5 Å². The third-order valence-corrected chi connectivity index (χ3v) is 4.88. The van der Waals surface area contributed by atoms with Crippen LogP contribution in [0.4, 0.5) is 0 Å². The summed E-state index contributed by atoms with van der Waals surface area (Å²) in [7, 11) is 0. The minimum absolute atomic E-state index is 0.0283. The maximum Gasteiger partial charge on any atom is 0.161 e. The first-order valence-electron chi connectivity index (χ1n) is 6.64. The van der Waals surface area contributed by atoms with Gasteiger partial charge in [0.15, 0.2) is 11.5 Å². The lowest BCUT2D eigenvalue weighted by molar-refractivity contribution is 0.297. The predicted molar refractivity (Wildman–Crippen MR) is 89.3 cm³/mol. The molecular formula is C16H13BrCl2O2. The summed E-state index contributed by atoms with van der Waals surface area (Å²) in [6.45, 7) is 1.36. The first-order valence-corrected chi connectivity index (χ1v) is 8.31. The van der Waals surface area contributed by atoms with Gasteiger partial charge in [0.25, 0.3) is 0 Å². The van der Waals surface area contributed by atoms with Crippen LogP contribution in [0, 0.1) is 0 Å². The van der Waals surface area contributed by atoms with Crippen LogP contribution in [0.15, 0.2) is 36.4 Å². The number of halogens is 3. The van der Waals surface area contributed by atoms with Crippen LogP contribution in [0.3, 0.4) is 0 Å². The van der Waals surface area contributed by atoms with Crippen molar-refractivity contribution in [2.45, 2.75) is 11.2 Å². The molecule has 0 saturated heterocycles. The number of rotatable bonds is 2.